The Kier molecular flexibility index (Phi) is 4.15. The van der Waals surface area contributed by atoms with Crippen molar-refractivity contribution in [2.75, 3.05) is 5.32 Å². The lowest BCUT2D eigenvalue weighted by Gasteiger charge is -2.06. The molecule has 3 nitrogen and oxygen atoms in total. The van der Waals surface area contributed by atoms with E-state index < -0.39 is 0 Å². The van der Waals surface area contributed by atoms with Crippen molar-refractivity contribution >= 4 is 50.5 Å². The summed E-state index contributed by atoms with van der Waals surface area (Å²) in [6.07, 6.45) is 1.92. The molecule has 2 aromatic heterocycles. The van der Waals surface area contributed by atoms with Crippen molar-refractivity contribution < 1.29 is 4.79 Å². The second-order valence-corrected chi connectivity index (χ2v) is 5.40. The molecule has 6 heteroatoms. The van der Waals surface area contributed by atoms with E-state index in [0.29, 0.717) is 12.1 Å². The lowest BCUT2D eigenvalue weighted by Crippen LogP contribution is -2.14. The molecule has 0 saturated heterocycles. The van der Waals surface area contributed by atoms with Crippen LogP contribution in [-0.2, 0) is 11.2 Å². The smallest absolute Gasteiger partial charge is 0.228 e. The molecule has 0 aliphatic rings. The van der Waals surface area contributed by atoms with Gasteiger partial charge in [0.2, 0.25) is 5.91 Å². The molecular formula is C11H8BrClN2OS. The summed E-state index contributed by atoms with van der Waals surface area (Å²) in [6, 6.07) is 3.64. The van der Waals surface area contributed by atoms with E-state index in [1.165, 1.54) is 0 Å². The molecule has 0 aromatic carbocycles. The van der Waals surface area contributed by atoms with Gasteiger partial charge in [0.25, 0.3) is 0 Å². The average molecular weight is 332 g/mol. The number of hydrogen-bond acceptors (Lipinski definition) is 3. The number of anilines is 1. The largest absolute Gasteiger partial charge is 0.323 e. The number of halogens is 2. The first-order valence-electron chi connectivity index (χ1n) is 4.77. The van der Waals surface area contributed by atoms with Crippen LogP contribution in [0.3, 0.4) is 0 Å². The molecule has 0 aliphatic heterocycles. The third-order valence-electron chi connectivity index (χ3n) is 2.02. The maximum Gasteiger partial charge on any atom is 0.228 e. The zero-order valence-electron chi connectivity index (χ0n) is 8.61. The average Bonchev–Trinajstić information content (AvgIpc) is 2.76. The Morgan fingerprint density at radius 1 is 1.59 bits per heavy atom. The molecule has 0 unspecified atom stereocenters. The summed E-state index contributed by atoms with van der Waals surface area (Å²) in [5.74, 6) is -0.106. The van der Waals surface area contributed by atoms with Crippen molar-refractivity contribution in [3.8, 4) is 0 Å². The highest BCUT2D eigenvalue weighted by atomic mass is 79.9. The van der Waals surface area contributed by atoms with Crippen LogP contribution >= 0.6 is 38.9 Å². The number of nitrogens with one attached hydrogen (secondary N) is 1. The number of aromatic nitrogens is 1. The molecule has 2 aromatic rings. The van der Waals surface area contributed by atoms with E-state index >= 15 is 0 Å². The molecule has 1 amide bonds. The Hall–Kier alpha value is -0.910. The van der Waals surface area contributed by atoms with E-state index in [9.17, 15) is 4.79 Å². The van der Waals surface area contributed by atoms with Crippen molar-refractivity contribution in [2.45, 2.75) is 6.42 Å². The fourth-order valence-electron chi connectivity index (χ4n) is 1.28. The van der Waals surface area contributed by atoms with Gasteiger partial charge in [-0.3, -0.25) is 4.79 Å². The van der Waals surface area contributed by atoms with Gasteiger partial charge in [0.05, 0.1) is 12.1 Å². The van der Waals surface area contributed by atoms with Crippen LogP contribution in [0, 0.1) is 0 Å². The lowest BCUT2D eigenvalue weighted by atomic mass is 10.2. The number of pyridine rings is 1. The van der Waals surface area contributed by atoms with Crippen molar-refractivity contribution in [1.82, 2.24) is 4.98 Å². The Morgan fingerprint density at radius 2 is 2.41 bits per heavy atom. The summed E-state index contributed by atoms with van der Waals surface area (Å²) in [4.78, 5) is 15.7. The van der Waals surface area contributed by atoms with E-state index in [4.69, 9.17) is 11.6 Å². The summed E-state index contributed by atoms with van der Waals surface area (Å²) >= 11 is 10.7. The number of nitrogens with zero attached hydrogens (tertiary/aromatic N) is 1. The van der Waals surface area contributed by atoms with Crippen LogP contribution in [0.2, 0.25) is 5.15 Å². The molecule has 1 N–H and O–H groups in total. The van der Waals surface area contributed by atoms with Crippen molar-refractivity contribution in [1.29, 1.82) is 0 Å². The lowest BCUT2D eigenvalue weighted by molar-refractivity contribution is -0.115. The first-order chi connectivity index (χ1) is 8.15. The van der Waals surface area contributed by atoms with Crippen molar-refractivity contribution in [3.05, 3.63) is 44.3 Å². The number of thiophene rings is 1. The monoisotopic (exact) mass is 330 g/mol. The Balaban J connectivity index is 2.05. The number of carbonyl (C=O) groups is 1. The summed E-state index contributed by atoms with van der Waals surface area (Å²) in [5.41, 5.74) is 1.51. The van der Waals surface area contributed by atoms with Crippen LogP contribution in [0.25, 0.3) is 0 Å². The van der Waals surface area contributed by atoms with Gasteiger partial charge in [-0.25, -0.2) is 4.98 Å². The Morgan fingerprint density at radius 3 is 3.12 bits per heavy atom. The van der Waals surface area contributed by atoms with E-state index in [-0.39, 0.29) is 11.1 Å². The fraction of sp³-hybridized carbons (Fsp3) is 0.0909. The first kappa shape index (κ1) is 12.5. The van der Waals surface area contributed by atoms with E-state index in [1.54, 1.807) is 23.6 Å². The fourth-order valence-corrected chi connectivity index (χ4v) is 2.43. The highest BCUT2D eigenvalue weighted by Gasteiger charge is 2.08. The van der Waals surface area contributed by atoms with Crippen LogP contribution in [0.15, 0.2) is 33.6 Å². The predicted molar refractivity (Wildman–Crippen MR) is 73.6 cm³/mol. The molecule has 0 saturated carbocycles. The number of rotatable bonds is 3. The maximum absolute atomic E-state index is 11.7. The number of amides is 1. The minimum absolute atomic E-state index is 0.106. The number of carbonyl (C=O) groups excluding carboxylic acids is 1. The van der Waals surface area contributed by atoms with Gasteiger partial charge in [0, 0.05) is 10.7 Å². The molecule has 17 heavy (non-hydrogen) atoms. The minimum atomic E-state index is -0.106. The molecule has 0 radical (unpaired) electrons. The second kappa shape index (κ2) is 5.62. The molecular weight excluding hydrogens is 324 g/mol. The van der Waals surface area contributed by atoms with E-state index in [1.807, 2.05) is 16.8 Å². The summed E-state index contributed by atoms with van der Waals surface area (Å²) in [7, 11) is 0. The minimum Gasteiger partial charge on any atom is -0.323 e. The summed E-state index contributed by atoms with van der Waals surface area (Å²) in [5, 5.41) is 6.90. The third-order valence-corrected chi connectivity index (χ3v) is 3.49. The quantitative estimate of drug-likeness (QED) is 0.871. The molecule has 0 fully saturated rings. The Labute approximate surface area is 116 Å². The van der Waals surface area contributed by atoms with Gasteiger partial charge < -0.3 is 5.32 Å². The van der Waals surface area contributed by atoms with Crippen LogP contribution in [0.1, 0.15) is 5.56 Å². The second-order valence-electron chi connectivity index (χ2n) is 3.35. The first-order valence-corrected chi connectivity index (χ1v) is 6.88. The van der Waals surface area contributed by atoms with E-state index in [2.05, 4.69) is 26.2 Å². The van der Waals surface area contributed by atoms with Crippen molar-refractivity contribution in [3.63, 3.8) is 0 Å². The summed E-state index contributed by atoms with van der Waals surface area (Å²) in [6.45, 7) is 0. The van der Waals surface area contributed by atoms with Crippen LogP contribution in [-0.4, -0.2) is 10.9 Å². The topological polar surface area (TPSA) is 42.0 Å². The molecule has 0 aliphatic carbocycles. The molecule has 0 spiro atoms. The van der Waals surface area contributed by atoms with Crippen LogP contribution in [0.4, 0.5) is 5.69 Å². The van der Waals surface area contributed by atoms with E-state index in [0.717, 1.165) is 10.0 Å². The normalized spacial score (nSPS) is 10.2. The van der Waals surface area contributed by atoms with Gasteiger partial charge in [-0.05, 0) is 44.4 Å². The van der Waals surface area contributed by atoms with Gasteiger partial charge in [-0.15, -0.1) is 0 Å². The molecule has 2 rings (SSSR count). The summed E-state index contributed by atoms with van der Waals surface area (Å²) < 4.78 is 0.771. The van der Waals surface area contributed by atoms with Gasteiger partial charge in [0.15, 0.2) is 5.15 Å². The van der Waals surface area contributed by atoms with Crippen LogP contribution < -0.4 is 5.32 Å². The molecule has 88 valence electrons. The van der Waals surface area contributed by atoms with Gasteiger partial charge >= 0.3 is 0 Å². The van der Waals surface area contributed by atoms with Gasteiger partial charge in [0.1, 0.15) is 0 Å². The molecule has 0 bridgehead atoms. The molecule has 0 atom stereocenters. The predicted octanol–water partition coefficient (Wildman–Crippen LogP) is 3.74. The molecule has 2 heterocycles. The number of hydrogen-bond donors (Lipinski definition) is 1. The highest BCUT2D eigenvalue weighted by Crippen LogP contribution is 2.23. The standard InChI is InChI=1S/C11H8BrClN2OS/c12-8-4-9(11(13)14-5-8)15-10(16)3-7-1-2-17-6-7/h1-2,4-6H,3H2,(H,15,16). The SMILES string of the molecule is O=C(Cc1ccsc1)Nc1cc(Br)cnc1Cl. The maximum atomic E-state index is 11.7. The van der Waals surface area contributed by atoms with Gasteiger partial charge in [-0.1, -0.05) is 11.6 Å². The zero-order valence-corrected chi connectivity index (χ0v) is 11.8. The zero-order chi connectivity index (χ0) is 12.3. The van der Waals surface area contributed by atoms with Crippen LogP contribution in [0.5, 0.6) is 0 Å². The van der Waals surface area contributed by atoms with Crippen molar-refractivity contribution in [2.24, 2.45) is 0 Å². The third kappa shape index (κ3) is 3.52. The Bertz CT molecular complexity index is 530. The van der Waals surface area contributed by atoms with Gasteiger partial charge in [-0.2, -0.15) is 11.3 Å². The highest BCUT2D eigenvalue weighted by molar-refractivity contribution is 9.10.